The molecule has 0 bridgehead atoms. The number of nitrogens with one attached hydrogen (secondary N) is 2. The van der Waals surface area contributed by atoms with Gasteiger partial charge in [0.1, 0.15) is 5.03 Å². The van der Waals surface area contributed by atoms with E-state index in [-0.39, 0.29) is 11.7 Å². The Balaban J connectivity index is 1.34. The lowest BCUT2D eigenvalue weighted by Crippen LogP contribution is -2.22. The Morgan fingerprint density at radius 2 is 1.77 bits per heavy atom. The topological polar surface area (TPSA) is 87.2 Å². The smallest absolute Gasteiger partial charge is 0.325 e. The van der Waals surface area contributed by atoms with E-state index in [4.69, 9.17) is 4.98 Å². The standard InChI is InChI=1S/C30H31N5O2S3/c1-35(2)21-15-16-24(23(18-21)27(36)20-10-6-7-11-20)32-29(37)34-30-33-25(19-38-22-12-4-3-5-13-22)28(40-30)39-26-14-8-9-17-31-26/h3-5,8-9,12-18,20H,6-7,10-11,19H2,1-2H3,(H2,32,33,34,37). The maximum atomic E-state index is 13.4. The van der Waals surface area contributed by atoms with Gasteiger partial charge in [-0.15, -0.1) is 11.8 Å². The fraction of sp³-hybridized carbons (Fsp3) is 0.267. The molecule has 2 amide bonds. The zero-order valence-electron chi connectivity index (χ0n) is 22.4. The number of benzene rings is 2. The first-order valence-corrected chi connectivity index (χ1v) is 15.8. The minimum Gasteiger partial charge on any atom is -0.378 e. The molecule has 2 N–H and O–H groups in total. The van der Waals surface area contributed by atoms with Crippen molar-refractivity contribution in [2.24, 2.45) is 5.92 Å². The van der Waals surface area contributed by atoms with Gasteiger partial charge in [-0.25, -0.2) is 14.8 Å². The van der Waals surface area contributed by atoms with E-state index in [1.807, 2.05) is 73.6 Å². The van der Waals surface area contributed by atoms with Crippen molar-refractivity contribution < 1.29 is 9.59 Å². The second kappa shape index (κ2) is 13.3. The molecule has 0 spiro atoms. The highest BCUT2D eigenvalue weighted by Crippen LogP contribution is 2.39. The van der Waals surface area contributed by atoms with Crippen molar-refractivity contribution in [1.29, 1.82) is 0 Å². The Bertz CT molecular complexity index is 1450. The minimum atomic E-state index is -0.427. The normalized spacial score (nSPS) is 13.2. The van der Waals surface area contributed by atoms with Gasteiger partial charge in [-0.1, -0.05) is 60.2 Å². The van der Waals surface area contributed by atoms with Crippen molar-refractivity contribution >= 4 is 63.2 Å². The van der Waals surface area contributed by atoms with Gasteiger partial charge in [-0.3, -0.25) is 10.1 Å². The van der Waals surface area contributed by atoms with E-state index in [9.17, 15) is 9.59 Å². The number of aromatic nitrogens is 2. The molecule has 4 aromatic rings. The maximum absolute atomic E-state index is 13.4. The third-order valence-corrected chi connectivity index (χ3v) is 9.80. The largest absolute Gasteiger partial charge is 0.378 e. The number of Topliss-reactive ketones (excluding diaryl/α,β-unsaturated/α-hetero) is 1. The first kappa shape index (κ1) is 28.2. The van der Waals surface area contributed by atoms with Crippen LogP contribution in [0.1, 0.15) is 41.7 Å². The molecule has 2 aromatic carbocycles. The number of thioether (sulfide) groups is 1. The first-order chi connectivity index (χ1) is 19.5. The first-order valence-electron chi connectivity index (χ1n) is 13.2. The molecule has 2 heterocycles. The number of rotatable bonds is 10. The quantitative estimate of drug-likeness (QED) is 0.143. The lowest BCUT2D eigenvalue weighted by molar-refractivity contribution is 0.0924. The van der Waals surface area contributed by atoms with Crippen molar-refractivity contribution in [3.05, 3.63) is 84.2 Å². The number of thiazole rings is 1. The van der Waals surface area contributed by atoms with Crippen LogP contribution in [-0.4, -0.2) is 35.9 Å². The summed E-state index contributed by atoms with van der Waals surface area (Å²) in [6, 6.07) is 21.1. The number of amides is 2. The number of carbonyl (C=O) groups excluding carboxylic acids is 2. The van der Waals surface area contributed by atoms with Crippen molar-refractivity contribution in [3.63, 3.8) is 0 Å². The zero-order valence-corrected chi connectivity index (χ0v) is 24.9. The number of carbonyl (C=O) groups is 2. The Labute approximate surface area is 247 Å². The summed E-state index contributed by atoms with van der Waals surface area (Å²) in [4.78, 5) is 38.8. The number of pyridine rings is 1. The van der Waals surface area contributed by atoms with Crippen LogP contribution in [0.15, 0.2) is 87.1 Å². The van der Waals surface area contributed by atoms with E-state index in [2.05, 4.69) is 27.8 Å². The lowest BCUT2D eigenvalue weighted by Gasteiger charge is -2.18. The van der Waals surface area contributed by atoms with Gasteiger partial charge in [0.25, 0.3) is 0 Å². The molecule has 1 saturated carbocycles. The van der Waals surface area contributed by atoms with Gasteiger partial charge in [0, 0.05) is 48.1 Å². The Morgan fingerprint density at radius 3 is 2.50 bits per heavy atom. The summed E-state index contributed by atoms with van der Waals surface area (Å²) in [5, 5.41) is 7.18. The maximum Gasteiger partial charge on any atom is 0.325 e. The molecule has 1 aliphatic carbocycles. The van der Waals surface area contributed by atoms with E-state index >= 15 is 0 Å². The Hall–Kier alpha value is -3.34. The van der Waals surface area contributed by atoms with Crippen LogP contribution in [0, 0.1) is 5.92 Å². The van der Waals surface area contributed by atoms with E-state index in [0.717, 1.165) is 51.2 Å². The van der Waals surface area contributed by atoms with Gasteiger partial charge in [-0.2, -0.15) is 0 Å². The molecule has 40 heavy (non-hydrogen) atoms. The Morgan fingerprint density at radius 1 is 1.00 bits per heavy atom. The van der Waals surface area contributed by atoms with Crippen LogP contribution in [0.2, 0.25) is 0 Å². The molecule has 206 valence electrons. The molecular weight excluding hydrogens is 559 g/mol. The lowest BCUT2D eigenvalue weighted by atomic mass is 9.94. The highest BCUT2D eigenvalue weighted by Gasteiger charge is 2.27. The summed E-state index contributed by atoms with van der Waals surface area (Å²) in [7, 11) is 3.88. The number of urea groups is 1. The SMILES string of the molecule is CN(C)c1ccc(NC(=O)Nc2nc(CSc3ccccc3)c(Sc3ccccn3)s2)c(C(=O)C2CCCC2)c1. The summed E-state index contributed by atoms with van der Waals surface area (Å²) in [5.74, 6) is 0.765. The van der Waals surface area contributed by atoms with E-state index in [1.54, 1.807) is 18.0 Å². The number of hydrogen-bond donors (Lipinski definition) is 2. The number of anilines is 3. The second-order valence-electron chi connectivity index (χ2n) is 9.67. The molecule has 1 fully saturated rings. The molecule has 0 aliphatic heterocycles. The summed E-state index contributed by atoms with van der Waals surface area (Å²) in [6.45, 7) is 0. The van der Waals surface area contributed by atoms with Crippen LogP contribution in [0.3, 0.4) is 0 Å². The molecule has 0 atom stereocenters. The van der Waals surface area contributed by atoms with Gasteiger partial charge in [0.15, 0.2) is 10.9 Å². The van der Waals surface area contributed by atoms with Crippen LogP contribution < -0.4 is 15.5 Å². The molecule has 5 rings (SSSR count). The molecular formula is C30H31N5O2S3. The van der Waals surface area contributed by atoms with Crippen LogP contribution in [0.4, 0.5) is 21.3 Å². The average molecular weight is 590 g/mol. The van der Waals surface area contributed by atoms with Crippen molar-refractivity contribution in [1.82, 2.24) is 9.97 Å². The molecule has 0 unspecified atom stereocenters. The molecule has 10 heteroatoms. The second-order valence-corrected chi connectivity index (χ2v) is 13.0. The zero-order chi connectivity index (χ0) is 27.9. The van der Waals surface area contributed by atoms with Crippen molar-refractivity contribution in [3.8, 4) is 0 Å². The molecule has 7 nitrogen and oxygen atoms in total. The van der Waals surface area contributed by atoms with E-state index in [0.29, 0.717) is 22.1 Å². The summed E-state index contributed by atoms with van der Waals surface area (Å²) in [6.07, 6.45) is 5.70. The van der Waals surface area contributed by atoms with Crippen LogP contribution >= 0.6 is 34.9 Å². The third-order valence-electron chi connectivity index (χ3n) is 6.59. The van der Waals surface area contributed by atoms with Gasteiger partial charge in [0.2, 0.25) is 0 Å². The average Bonchev–Trinajstić information content (AvgIpc) is 3.63. The third kappa shape index (κ3) is 7.24. The number of nitrogens with zero attached hydrogens (tertiary/aromatic N) is 3. The van der Waals surface area contributed by atoms with Gasteiger partial charge in [-0.05, 0) is 55.3 Å². The predicted octanol–water partition coefficient (Wildman–Crippen LogP) is 8.06. The van der Waals surface area contributed by atoms with E-state index in [1.165, 1.54) is 23.1 Å². The van der Waals surface area contributed by atoms with Gasteiger partial charge in [0.05, 0.1) is 15.6 Å². The fourth-order valence-corrected chi connectivity index (χ4v) is 7.62. The highest BCUT2D eigenvalue weighted by atomic mass is 32.2. The molecule has 2 aromatic heterocycles. The molecule has 1 aliphatic rings. The predicted molar refractivity (Wildman–Crippen MR) is 166 cm³/mol. The van der Waals surface area contributed by atoms with Gasteiger partial charge >= 0.3 is 6.03 Å². The number of ketones is 1. The fourth-order valence-electron chi connectivity index (χ4n) is 4.51. The summed E-state index contributed by atoms with van der Waals surface area (Å²) < 4.78 is 0.977. The highest BCUT2D eigenvalue weighted by molar-refractivity contribution is 8.01. The molecule has 0 radical (unpaired) electrons. The number of hydrogen-bond acceptors (Lipinski definition) is 8. The summed E-state index contributed by atoms with van der Waals surface area (Å²) in [5.41, 5.74) is 2.87. The van der Waals surface area contributed by atoms with E-state index < -0.39 is 6.03 Å². The van der Waals surface area contributed by atoms with Crippen molar-refractivity contribution in [2.75, 3.05) is 29.6 Å². The van der Waals surface area contributed by atoms with Crippen LogP contribution in [0.5, 0.6) is 0 Å². The minimum absolute atomic E-state index is 0.0100. The van der Waals surface area contributed by atoms with Crippen LogP contribution in [-0.2, 0) is 5.75 Å². The monoisotopic (exact) mass is 589 g/mol. The van der Waals surface area contributed by atoms with Crippen molar-refractivity contribution in [2.45, 2.75) is 45.6 Å². The summed E-state index contributed by atoms with van der Waals surface area (Å²) >= 11 is 4.65. The Kier molecular flexibility index (Phi) is 9.41. The molecule has 0 saturated heterocycles. The van der Waals surface area contributed by atoms with Gasteiger partial charge < -0.3 is 10.2 Å². The van der Waals surface area contributed by atoms with Crippen LogP contribution in [0.25, 0.3) is 0 Å².